The van der Waals surface area contributed by atoms with Gasteiger partial charge in [-0.15, -0.1) is 10.2 Å². The van der Waals surface area contributed by atoms with Crippen LogP contribution in [0.15, 0.2) is 47.2 Å². The Morgan fingerprint density at radius 2 is 2.08 bits per heavy atom. The predicted molar refractivity (Wildman–Crippen MR) is 90.8 cm³/mol. The Balaban J connectivity index is 1.61. The molecule has 2 N–H and O–H groups in total. The molecule has 2 aromatic heterocycles. The normalized spacial score (nSPS) is 11.9. The van der Waals surface area contributed by atoms with Crippen molar-refractivity contribution in [2.24, 2.45) is 0 Å². The number of benzene rings is 1. The number of rotatable bonds is 6. The zero-order valence-electron chi connectivity index (χ0n) is 13.1. The summed E-state index contributed by atoms with van der Waals surface area (Å²) in [5.41, 5.74) is 1.84. The molecule has 0 spiro atoms. The Bertz CT molecular complexity index is 773. The van der Waals surface area contributed by atoms with Gasteiger partial charge in [0.25, 0.3) is 0 Å². The molecular weight excluding hydrogens is 326 g/mol. The predicted octanol–water partition coefficient (Wildman–Crippen LogP) is 3.39. The van der Waals surface area contributed by atoms with Crippen molar-refractivity contribution in [2.45, 2.75) is 25.8 Å². The average molecular weight is 343 g/mol. The summed E-state index contributed by atoms with van der Waals surface area (Å²) in [5.74, 6) is 0.178. The van der Waals surface area contributed by atoms with Crippen molar-refractivity contribution in [3.63, 3.8) is 0 Å². The lowest BCUT2D eigenvalue weighted by molar-refractivity contribution is 0.251. The third-order valence-corrected chi connectivity index (χ3v) is 4.44. The number of hydrogen-bond acceptors (Lipinski definition) is 6. The van der Waals surface area contributed by atoms with Crippen LogP contribution in [0.1, 0.15) is 35.5 Å². The number of carbonyl (C=O) groups excluding carboxylic acids is 1. The van der Waals surface area contributed by atoms with Crippen LogP contribution >= 0.6 is 11.3 Å². The van der Waals surface area contributed by atoms with Crippen LogP contribution in [0.2, 0.25) is 0 Å². The number of amides is 2. The van der Waals surface area contributed by atoms with Crippen molar-refractivity contribution in [1.29, 1.82) is 0 Å². The Morgan fingerprint density at radius 1 is 1.25 bits per heavy atom. The SMILES string of the molecule is CCC(c1ccccc1)c1nnc(NC(=O)NCc2ccon2)s1. The first-order valence-corrected chi connectivity index (χ1v) is 8.40. The monoisotopic (exact) mass is 343 g/mol. The van der Waals surface area contributed by atoms with Gasteiger partial charge in [-0.1, -0.05) is 53.7 Å². The molecule has 0 aliphatic rings. The van der Waals surface area contributed by atoms with E-state index in [1.807, 2.05) is 18.2 Å². The highest BCUT2D eigenvalue weighted by atomic mass is 32.1. The second-order valence-electron chi connectivity index (χ2n) is 5.12. The minimum absolute atomic E-state index is 0.178. The van der Waals surface area contributed by atoms with E-state index in [9.17, 15) is 4.79 Å². The molecule has 0 saturated heterocycles. The number of aromatic nitrogens is 3. The number of nitrogens with zero attached hydrogens (tertiary/aromatic N) is 3. The van der Waals surface area contributed by atoms with Gasteiger partial charge in [0.2, 0.25) is 5.13 Å². The first-order valence-electron chi connectivity index (χ1n) is 7.58. The molecule has 3 aromatic rings. The standard InChI is InChI=1S/C16H17N5O2S/c1-2-13(11-6-4-3-5-7-11)14-19-20-16(24-14)18-15(22)17-10-12-8-9-23-21-12/h3-9,13H,2,10H2,1H3,(H2,17,18,20,22). The molecule has 0 aliphatic carbocycles. The van der Waals surface area contributed by atoms with Gasteiger partial charge in [-0.25, -0.2) is 4.79 Å². The lowest BCUT2D eigenvalue weighted by atomic mass is 9.97. The zero-order valence-corrected chi connectivity index (χ0v) is 13.9. The summed E-state index contributed by atoms with van der Waals surface area (Å²) in [4.78, 5) is 11.9. The summed E-state index contributed by atoms with van der Waals surface area (Å²) in [5, 5.41) is 18.7. The van der Waals surface area contributed by atoms with Crippen molar-refractivity contribution in [3.05, 3.63) is 58.9 Å². The van der Waals surface area contributed by atoms with E-state index in [1.165, 1.54) is 23.2 Å². The Morgan fingerprint density at radius 3 is 2.79 bits per heavy atom. The number of nitrogens with one attached hydrogen (secondary N) is 2. The molecule has 0 radical (unpaired) electrons. The van der Waals surface area contributed by atoms with Gasteiger partial charge < -0.3 is 9.84 Å². The van der Waals surface area contributed by atoms with E-state index in [0.717, 1.165) is 11.4 Å². The van der Waals surface area contributed by atoms with E-state index in [0.29, 0.717) is 10.8 Å². The minimum atomic E-state index is -0.353. The van der Waals surface area contributed by atoms with Crippen LogP contribution in [0, 0.1) is 0 Å². The van der Waals surface area contributed by atoms with E-state index >= 15 is 0 Å². The Kier molecular flexibility index (Phi) is 5.17. The van der Waals surface area contributed by atoms with E-state index in [2.05, 4.69) is 45.0 Å². The van der Waals surface area contributed by atoms with E-state index in [1.54, 1.807) is 6.07 Å². The van der Waals surface area contributed by atoms with E-state index < -0.39 is 0 Å². The van der Waals surface area contributed by atoms with Crippen molar-refractivity contribution < 1.29 is 9.32 Å². The number of urea groups is 1. The van der Waals surface area contributed by atoms with Gasteiger partial charge in [0.1, 0.15) is 17.0 Å². The second kappa shape index (κ2) is 7.69. The average Bonchev–Trinajstić information content (AvgIpc) is 3.27. The zero-order chi connectivity index (χ0) is 16.8. The molecule has 0 aliphatic heterocycles. The molecule has 24 heavy (non-hydrogen) atoms. The molecule has 0 fully saturated rings. The maximum atomic E-state index is 11.9. The fraction of sp³-hybridized carbons (Fsp3) is 0.250. The van der Waals surface area contributed by atoms with Gasteiger partial charge in [-0.05, 0) is 12.0 Å². The van der Waals surface area contributed by atoms with Crippen LogP contribution in [0.3, 0.4) is 0 Å². The van der Waals surface area contributed by atoms with Crippen LogP contribution in [-0.2, 0) is 6.54 Å². The van der Waals surface area contributed by atoms with Gasteiger partial charge in [-0.3, -0.25) is 5.32 Å². The molecular formula is C16H17N5O2S. The summed E-state index contributed by atoms with van der Waals surface area (Å²) in [7, 11) is 0. The lowest BCUT2D eigenvalue weighted by Crippen LogP contribution is -2.28. The topological polar surface area (TPSA) is 92.9 Å². The van der Waals surface area contributed by atoms with Crippen LogP contribution in [-0.4, -0.2) is 21.4 Å². The molecule has 1 atom stereocenters. The maximum Gasteiger partial charge on any atom is 0.321 e. The first-order chi connectivity index (χ1) is 11.8. The maximum absolute atomic E-state index is 11.9. The fourth-order valence-corrected chi connectivity index (χ4v) is 3.26. The molecule has 2 amide bonds. The molecule has 8 heteroatoms. The molecule has 2 heterocycles. The Labute approximate surface area is 143 Å². The highest BCUT2D eigenvalue weighted by molar-refractivity contribution is 7.15. The van der Waals surface area contributed by atoms with Gasteiger partial charge in [0.15, 0.2) is 0 Å². The quantitative estimate of drug-likeness (QED) is 0.715. The summed E-state index contributed by atoms with van der Waals surface area (Å²) in [6, 6.07) is 11.5. The lowest BCUT2D eigenvalue weighted by Gasteiger charge is -2.11. The number of anilines is 1. The van der Waals surface area contributed by atoms with E-state index in [4.69, 9.17) is 4.52 Å². The van der Waals surface area contributed by atoms with Crippen LogP contribution < -0.4 is 10.6 Å². The van der Waals surface area contributed by atoms with Crippen LogP contribution in [0.4, 0.5) is 9.93 Å². The van der Waals surface area contributed by atoms with Gasteiger partial charge in [0.05, 0.1) is 6.54 Å². The smallest absolute Gasteiger partial charge is 0.321 e. The van der Waals surface area contributed by atoms with Crippen LogP contribution in [0.5, 0.6) is 0 Å². The summed E-state index contributed by atoms with van der Waals surface area (Å²) in [6.07, 6.45) is 2.37. The highest BCUT2D eigenvalue weighted by Crippen LogP contribution is 2.31. The molecule has 3 rings (SSSR count). The molecule has 1 unspecified atom stereocenters. The largest absolute Gasteiger partial charge is 0.364 e. The third-order valence-electron chi connectivity index (χ3n) is 3.49. The summed E-state index contributed by atoms with van der Waals surface area (Å²) < 4.78 is 4.71. The number of hydrogen-bond donors (Lipinski definition) is 2. The summed E-state index contributed by atoms with van der Waals surface area (Å²) in [6.45, 7) is 2.40. The van der Waals surface area contributed by atoms with E-state index in [-0.39, 0.29) is 18.5 Å². The van der Waals surface area contributed by atoms with Crippen LogP contribution in [0.25, 0.3) is 0 Å². The van der Waals surface area contributed by atoms with Gasteiger partial charge in [0, 0.05) is 12.0 Å². The molecule has 0 saturated carbocycles. The second-order valence-corrected chi connectivity index (χ2v) is 6.12. The minimum Gasteiger partial charge on any atom is -0.364 e. The fourth-order valence-electron chi connectivity index (χ4n) is 2.31. The molecule has 1 aromatic carbocycles. The molecule has 7 nitrogen and oxygen atoms in total. The highest BCUT2D eigenvalue weighted by Gasteiger charge is 2.18. The number of carbonyl (C=O) groups is 1. The van der Waals surface area contributed by atoms with Crippen molar-refractivity contribution >= 4 is 22.5 Å². The van der Waals surface area contributed by atoms with Gasteiger partial charge >= 0.3 is 6.03 Å². The van der Waals surface area contributed by atoms with Gasteiger partial charge in [-0.2, -0.15) is 0 Å². The molecule has 0 bridgehead atoms. The van der Waals surface area contributed by atoms with Crippen molar-refractivity contribution in [3.8, 4) is 0 Å². The van der Waals surface area contributed by atoms with Crippen molar-refractivity contribution in [2.75, 3.05) is 5.32 Å². The summed E-state index contributed by atoms with van der Waals surface area (Å²) >= 11 is 1.38. The van der Waals surface area contributed by atoms with Crippen molar-refractivity contribution in [1.82, 2.24) is 20.7 Å². The first kappa shape index (κ1) is 16.1. The Hall–Kier alpha value is -2.74. The third kappa shape index (κ3) is 3.96. The molecule has 124 valence electrons.